The van der Waals surface area contributed by atoms with Crippen molar-refractivity contribution in [2.45, 2.75) is 13.0 Å². The minimum atomic E-state index is -0.106. The second kappa shape index (κ2) is 8.39. The maximum atomic E-state index is 11.8. The smallest absolute Gasteiger partial charge is 0.225 e. The number of benzene rings is 2. The topological polar surface area (TPSA) is 41.1 Å². The second-order valence-electron chi connectivity index (χ2n) is 4.72. The molecule has 2 aromatic rings. The van der Waals surface area contributed by atoms with Crippen LogP contribution in [0.1, 0.15) is 12.0 Å². The van der Waals surface area contributed by atoms with Gasteiger partial charge in [-0.05, 0) is 29.8 Å². The summed E-state index contributed by atoms with van der Waals surface area (Å²) >= 11 is 17.8. The summed E-state index contributed by atoms with van der Waals surface area (Å²) in [6.07, 6.45) is 0.342. The maximum absolute atomic E-state index is 11.8. The molecule has 2 rings (SSSR count). The second-order valence-corrected chi connectivity index (χ2v) is 6.00. The van der Waals surface area contributed by atoms with Crippen LogP contribution in [0.25, 0.3) is 0 Å². The molecule has 6 heteroatoms. The van der Waals surface area contributed by atoms with Gasteiger partial charge < -0.3 is 10.6 Å². The van der Waals surface area contributed by atoms with Gasteiger partial charge in [0.05, 0.1) is 0 Å². The Balaban J connectivity index is 1.75. The van der Waals surface area contributed by atoms with Gasteiger partial charge in [-0.2, -0.15) is 0 Å². The van der Waals surface area contributed by atoms with Gasteiger partial charge in [-0.25, -0.2) is 0 Å². The third kappa shape index (κ3) is 5.50. The summed E-state index contributed by atoms with van der Waals surface area (Å²) < 4.78 is 0. The molecule has 0 radical (unpaired) electrons. The fraction of sp³-hybridized carbons (Fsp3) is 0.188. The van der Waals surface area contributed by atoms with Gasteiger partial charge >= 0.3 is 0 Å². The summed E-state index contributed by atoms with van der Waals surface area (Å²) in [6.45, 7) is 1.17. The van der Waals surface area contributed by atoms with Crippen LogP contribution in [-0.2, 0) is 11.3 Å². The molecular formula is C16H15Cl3N2O. The van der Waals surface area contributed by atoms with Gasteiger partial charge in [0.2, 0.25) is 5.91 Å². The largest absolute Gasteiger partial charge is 0.326 e. The Morgan fingerprint density at radius 1 is 1.00 bits per heavy atom. The fourth-order valence-electron chi connectivity index (χ4n) is 1.92. The molecule has 0 unspecified atom stereocenters. The zero-order valence-corrected chi connectivity index (χ0v) is 14.0. The lowest BCUT2D eigenvalue weighted by Gasteiger charge is -2.08. The first-order valence-corrected chi connectivity index (χ1v) is 7.88. The predicted molar refractivity (Wildman–Crippen MR) is 92.9 cm³/mol. The number of anilines is 1. The van der Waals surface area contributed by atoms with Crippen molar-refractivity contribution in [2.24, 2.45) is 0 Å². The summed E-state index contributed by atoms with van der Waals surface area (Å²) in [5.41, 5.74) is 1.60. The molecule has 0 atom stereocenters. The lowest BCUT2D eigenvalue weighted by atomic mass is 10.2. The van der Waals surface area contributed by atoms with Gasteiger partial charge in [-0.1, -0.05) is 53.0 Å². The number of hydrogen-bond acceptors (Lipinski definition) is 2. The Labute approximate surface area is 144 Å². The minimum Gasteiger partial charge on any atom is -0.326 e. The first-order valence-electron chi connectivity index (χ1n) is 6.74. The zero-order chi connectivity index (χ0) is 15.9. The van der Waals surface area contributed by atoms with E-state index in [4.69, 9.17) is 34.8 Å². The van der Waals surface area contributed by atoms with Crippen molar-refractivity contribution in [3.05, 3.63) is 63.1 Å². The third-order valence-electron chi connectivity index (χ3n) is 2.95. The SMILES string of the molecule is O=C(CCNCc1ccccc1Cl)Nc1cc(Cl)cc(Cl)c1. The summed E-state index contributed by atoms with van der Waals surface area (Å²) in [5.74, 6) is -0.106. The number of halogens is 3. The van der Waals surface area contributed by atoms with E-state index in [1.54, 1.807) is 18.2 Å². The summed E-state index contributed by atoms with van der Waals surface area (Å²) in [7, 11) is 0. The highest BCUT2D eigenvalue weighted by molar-refractivity contribution is 6.35. The number of carbonyl (C=O) groups is 1. The highest BCUT2D eigenvalue weighted by Gasteiger charge is 2.05. The van der Waals surface area contributed by atoms with Crippen LogP contribution in [0.3, 0.4) is 0 Å². The van der Waals surface area contributed by atoms with Gasteiger partial charge in [0.1, 0.15) is 0 Å². The molecule has 0 bridgehead atoms. The average molecular weight is 358 g/mol. The van der Waals surface area contributed by atoms with E-state index in [1.165, 1.54) is 0 Å². The van der Waals surface area contributed by atoms with Crippen molar-refractivity contribution in [3.8, 4) is 0 Å². The van der Waals surface area contributed by atoms with Gasteiger partial charge in [0.15, 0.2) is 0 Å². The number of rotatable bonds is 6. The fourth-order valence-corrected chi connectivity index (χ4v) is 2.64. The molecule has 0 aromatic heterocycles. The Kier molecular flexibility index (Phi) is 6.52. The van der Waals surface area contributed by atoms with Crippen molar-refractivity contribution in [1.29, 1.82) is 0 Å². The number of nitrogens with one attached hydrogen (secondary N) is 2. The van der Waals surface area contributed by atoms with Crippen LogP contribution in [-0.4, -0.2) is 12.5 Å². The summed E-state index contributed by atoms with van der Waals surface area (Å²) in [6, 6.07) is 12.5. The number of amides is 1. The normalized spacial score (nSPS) is 10.5. The van der Waals surface area contributed by atoms with Crippen molar-refractivity contribution in [3.63, 3.8) is 0 Å². The van der Waals surface area contributed by atoms with E-state index >= 15 is 0 Å². The molecule has 3 nitrogen and oxygen atoms in total. The van der Waals surface area contributed by atoms with Crippen LogP contribution >= 0.6 is 34.8 Å². The van der Waals surface area contributed by atoms with Crippen molar-refractivity contribution in [2.75, 3.05) is 11.9 Å². The molecular weight excluding hydrogens is 343 g/mol. The van der Waals surface area contributed by atoms with E-state index in [9.17, 15) is 4.79 Å². The van der Waals surface area contributed by atoms with E-state index < -0.39 is 0 Å². The quantitative estimate of drug-likeness (QED) is 0.731. The molecule has 0 aliphatic rings. The molecule has 0 saturated carbocycles. The van der Waals surface area contributed by atoms with Gasteiger partial charge in [0, 0.05) is 40.3 Å². The molecule has 0 spiro atoms. The molecule has 0 saturated heterocycles. The Bertz CT molecular complexity index is 641. The van der Waals surface area contributed by atoms with Gasteiger partial charge in [-0.3, -0.25) is 4.79 Å². The van der Waals surface area contributed by atoms with Gasteiger partial charge in [0.25, 0.3) is 0 Å². The molecule has 22 heavy (non-hydrogen) atoms. The van der Waals surface area contributed by atoms with Crippen molar-refractivity contribution >= 4 is 46.4 Å². The first kappa shape index (κ1) is 17.1. The van der Waals surface area contributed by atoms with Crippen LogP contribution in [0, 0.1) is 0 Å². The molecule has 0 aliphatic heterocycles. The van der Waals surface area contributed by atoms with Crippen LogP contribution < -0.4 is 10.6 Å². The molecule has 2 aromatic carbocycles. The van der Waals surface area contributed by atoms with E-state index in [-0.39, 0.29) is 5.91 Å². The first-order chi connectivity index (χ1) is 10.5. The molecule has 0 aliphatic carbocycles. The zero-order valence-electron chi connectivity index (χ0n) is 11.7. The van der Waals surface area contributed by atoms with Crippen LogP contribution in [0.15, 0.2) is 42.5 Å². The number of carbonyl (C=O) groups excluding carboxylic acids is 1. The number of hydrogen-bond donors (Lipinski definition) is 2. The highest BCUT2D eigenvalue weighted by Crippen LogP contribution is 2.22. The Morgan fingerprint density at radius 2 is 1.68 bits per heavy atom. The van der Waals surface area contributed by atoms with Crippen LogP contribution in [0.4, 0.5) is 5.69 Å². The van der Waals surface area contributed by atoms with Crippen LogP contribution in [0.5, 0.6) is 0 Å². The average Bonchev–Trinajstić information content (AvgIpc) is 2.44. The van der Waals surface area contributed by atoms with Crippen molar-refractivity contribution in [1.82, 2.24) is 5.32 Å². The summed E-state index contributed by atoms with van der Waals surface area (Å²) in [5, 5.41) is 7.63. The Morgan fingerprint density at radius 3 is 2.36 bits per heavy atom. The van der Waals surface area contributed by atoms with E-state index in [0.717, 1.165) is 5.56 Å². The summed E-state index contributed by atoms with van der Waals surface area (Å²) in [4.78, 5) is 11.8. The molecule has 0 fully saturated rings. The molecule has 116 valence electrons. The molecule has 2 N–H and O–H groups in total. The van der Waals surface area contributed by atoms with Gasteiger partial charge in [-0.15, -0.1) is 0 Å². The minimum absolute atomic E-state index is 0.106. The molecule has 1 amide bonds. The lowest BCUT2D eigenvalue weighted by Crippen LogP contribution is -2.21. The maximum Gasteiger partial charge on any atom is 0.225 e. The standard InChI is InChI=1S/C16H15Cl3N2O/c17-12-7-13(18)9-14(8-12)21-16(22)5-6-20-10-11-3-1-2-4-15(11)19/h1-4,7-9,20H,5-6,10H2,(H,21,22). The van der Waals surface area contributed by atoms with Crippen LogP contribution in [0.2, 0.25) is 15.1 Å². The predicted octanol–water partition coefficient (Wildman–Crippen LogP) is 4.77. The van der Waals surface area contributed by atoms with Crippen molar-refractivity contribution < 1.29 is 4.79 Å². The van der Waals surface area contributed by atoms with E-state index in [2.05, 4.69) is 10.6 Å². The monoisotopic (exact) mass is 356 g/mol. The van der Waals surface area contributed by atoms with E-state index in [0.29, 0.717) is 40.3 Å². The third-order valence-corrected chi connectivity index (χ3v) is 3.75. The molecule has 0 heterocycles. The Hall–Kier alpha value is -1.26. The highest BCUT2D eigenvalue weighted by atomic mass is 35.5. The van der Waals surface area contributed by atoms with E-state index in [1.807, 2.05) is 24.3 Å². The lowest BCUT2D eigenvalue weighted by molar-refractivity contribution is -0.116.